The number of fused-ring (bicyclic) bond motifs is 1. The SMILES string of the molecule is O=S(=O)(NC1CCCC1)c1ccc2c(c1)CCN2S(=O)(=O)c1ccc(Cl)cc1. The molecule has 28 heavy (non-hydrogen) atoms. The zero-order valence-electron chi connectivity index (χ0n) is 15.1. The van der Waals surface area contributed by atoms with Crippen LogP contribution in [-0.2, 0) is 26.5 Å². The number of sulfonamides is 2. The van der Waals surface area contributed by atoms with Crippen molar-refractivity contribution >= 4 is 37.3 Å². The third-order valence-corrected chi connectivity index (χ3v) is 8.89. The lowest BCUT2D eigenvalue weighted by Crippen LogP contribution is -2.32. The summed E-state index contributed by atoms with van der Waals surface area (Å²) < 4.78 is 55.4. The molecule has 0 atom stereocenters. The van der Waals surface area contributed by atoms with E-state index in [0.29, 0.717) is 22.7 Å². The van der Waals surface area contributed by atoms with E-state index in [4.69, 9.17) is 11.6 Å². The highest BCUT2D eigenvalue weighted by molar-refractivity contribution is 7.92. The topological polar surface area (TPSA) is 83.6 Å². The first-order valence-corrected chi connectivity index (χ1v) is 12.5. The minimum Gasteiger partial charge on any atom is -0.266 e. The molecule has 0 radical (unpaired) electrons. The summed E-state index contributed by atoms with van der Waals surface area (Å²) in [4.78, 5) is 0.341. The van der Waals surface area contributed by atoms with Gasteiger partial charge in [0.15, 0.2) is 0 Å². The number of nitrogens with zero attached hydrogens (tertiary/aromatic N) is 1. The van der Waals surface area contributed by atoms with Crippen LogP contribution in [0.5, 0.6) is 0 Å². The summed E-state index contributed by atoms with van der Waals surface area (Å²) in [5.41, 5.74) is 1.24. The molecule has 0 unspecified atom stereocenters. The van der Waals surface area contributed by atoms with E-state index < -0.39 is 20.0 Å². The van der Waals surface area contributed by atoms with E-state index in [1.54, 1.807) is 12.1 Å². The van der Waals surface area contributed by atoms with Gasteiger partial charge in [-0.1, -0.05) is 24.4 Å². The summed E-state index contributed by atoms with van der Waals surface area (Å²) in [7, 11) is -7.33. The average molecular weight is 441 g/mol. The van der Waals surface area contributed by atoms with Gasteiger partial charge in [-0.15, -0.1) is 0 Å². The molecular formula is C19H21ClN2O4S2. The number of hydrogen-bond donors (Lipinski definition) is 1. The number of hydrogen-bond acceptors (Lipinski definition) is 4. The maximum atomic E-state index is 13.0. The Labute approximate surface area is 170 Å². The Bertz CT molecular complexity index is 1090. The lowest BCUT2D eigenvalue weighted by molar-refractivity contribution is 0.552. The van der Waals surface area contributed by atoms with Gasteiger partial charge in [0, 0.05) is 17.6 Å². The lowest BCUT2D eigenvalue weighted by Gasteiger charge is -2.20. The molecule has 0 amide bonds. The summed E-state index contributed by atoms with van der Waals surface area (Å²) in [6, 6.07) is 10.7. The van der Waals surface area contributed by atoms with Gasteiger partial charge in [0.1, 0.15) is 0 Å². The molecule has 0 saturated heterocycles. The van der Waals surface area contributed by atoms with Gasteiger partial charge < -0.3 is 0 Å². The minimum absolute atomic E-state index is 0.0139. The highest BCUT2D eigenvalue weighted by Crippen LogP contribution is 2.35. The van der Waals surface area contributed by atoms with Crippen LogP contribution in [-0.4, -0.2) is 29.4 Å². The lowest BCUT2D eigenvalue weighted by atomic mass is 10.2. The van der Waals surface area contributed by atoms with Crippen molar-refractivity contribution in [1.82, 2.24) is 4.72 Å². The number of halogens is 1. The molecule has 2 aliphatic rings. The third kappa shape index (κ3) is 3.66. The van der Waals surface area contributed by atoms with Crippen molar-refractivity contribution in [3.8, 4) is 0 Å². The van der Waals surface area contributed by atoms with E-state index in [-0.39, 0.29) is 22.4 Å². The van der Waals surface area contributed by atoms with E-state index in [9.17, 15) is 16.8 Å². The van der Waals surface area contributed by atoms with Gasteiger partial charge in [0.2, 0.25) is 10.0 Å². The van der Waals surface area contributed by atoms with Crippen LogP contribution in [0.2, 0.25) is 5.02 Å². The molecule has 1 fully saturated rings. The fourth-order valence-corrected chi connectivity index (χ4v) is 6.81. The van der Waals surface area contributed by atoms with Crippen LogP contribution in [0.25, 0.3) is 0 Å². The molecule has 1 saturated carbocycles. The Morgan fingerprint density at radius 1 is 0.929 bits per heavy atom. The smallest absolute Gasteiger partial charge is 0.264 e. The highest BCUT2D eigenvalue weighted by atomic mass is 35.5. The molecule has 150 valence electrons. The van der Waals surface area contributed by atoms with Crippen LogP contribution in [0, 0.1) is 0 Å². The molecule has 2 aromatic carbocycles. The van der Waals surface area contributed by atoms with Gasteiger partial charge >= 0.3 is 0 Å². The Balaban J connectivity index is 1.62. The first-order chi connectivity index (χ1) is 13.3. The van der Waals surface area contributed by atoms with Crippen LogP contribution in [0.1, 0.15) is 31.2 Å². The van der Waals surface area contributed by atoms with Crippen molar-refractivity contribution in [3.05, 3.63) is 53.1 Å². The second-order valence-corrected chi connectivity index (χ2v) is 11.2. The maximum Gasteiger partial charge on any atom is 0.264 e. The molecule has 9 heteroatoms. The Kier molecular flexibility index (Phi) is 5.16. The van der Waals surface area contributed by atoms with E-state index in [0.717, 1.165) is 25.7 Å². The molecule has 1 aliphatic heterocycles. The Hall–Kier alpha value is -1.61. The summed E-state index contributed by atoms with van der Waals surface area (Å²) in [5, 5.41) is 0.463. The van der Waals surface area contributed by atoms with Crippen molar-refractivity contribution in [3.63, 3.8) is 0 Å². The molecule has 0 bridgehead atoms. The first kappa shape index (κ1) is 19.7. The molecule has 0 spiro atoms. The second kappa shape index (κ2) is 7.33. The number of anilines is 1. The van der Waals surface area contributed by atoms with Crippen molar-refractivity contribution in [2.24, 2.45) is 0 Å². The molecule has 2 aromatic rings. The average Bonchev–Trinajstić information content (AvgIpc) is 3.30. The monoisotopic (exact) mass is 440 g/mol. The van der Waals surface area contributed by atoms with Crippen molar-refractivity contribution in [1.29, 1.82) is 0 Å². The number of nitrogens with one attached hydrogen (secondary N) is 1. The van der Waals surface area contributed by atoms with E-state index >= 15 is 0 Å². The zero-order chi connectivity index (χ0) is 19.9. The molecule has 4 rings (SSSR count). The van der Waals surface area contributed by atoms with Gasteiger partial charge in [-0.3, -0.25) is 4.31 Å². The summed E-state index contributed by atoms with van der Waals surface area (Å²) >= 11 is 5.85. The fraction of sp³-hybridized carbons (Fsp3) is 0.368. The fourth-order valence-electron chi connectivity index (χ4n) is 3.83. The molecule has 6 nitrogen and oxygen atoms in total. The minimum atomic E-state index is -3.73. The van der Waals surface area contributed by atoms with Gasteiger partial charge in [-0.2, -0.15) is 0 Å². The maximum absolute atomic E-state index is 13.0. The van der Waals surface area contributed by atoms with E-state index in [1.807, 2.05) is 0 Å². The standard InChI is InChI=1S/C19H21ClN2O4S2/c20-15-5-7-17(8-6-15)28(25,26)22-12-11-14-13-18(9-10-19(14)22)27(23,24)21-16-3-1-2-4-16/h5-10,13,16,21H,1-4,11-12H2. The quantitative estimate of drug-likeness (QED) is 0.773. The zero-order valence-corrected chi connectivity index (χ0v) is 17.5. The Morgan fingerprint density at radius 2 is 1.57 bits per heavy atom. The molecule has 0 aromatic heterocycles. The highest BCUT2D eigenvalue weighted by Gasteiger charge is 2.32. The van der Waals surface area contributed by atoms with Crippen LogP contribution < -0.4 is 9.03 Å². The van der Waals surface area contributed by atoms with Gasteiger partial charge in [-0.25, -0.2) is 21.6 Å². The first-order valence-electron chi connectivity index (χ1n) is 9.21. The molecule has 1 heterocycles. The van der Waals surface area contributed by atoms with Gasteiger partial charge in [-0.05, 0) is 67.3 Å². The number of rotatable bonds is 5. The summed E-state index contributed by atoms with van der Waals surface area (Å²) in [6.07, 6.45) is 4.26. The largest absolute Gasteiger partial charge is 0.266 e. The van der Waals surface area contributed by atoms with Gasteiger partial charge in [0.05, 0.1) is 15.5 Å². The molecule has 1 aliphatic carbocycles. The van der Waals surface area contributed by atoms with E-state index in [1.165, 1.54) is 34.6 Å². The van der Waals surface area contributed by atoms with Gasteiger partial charge in [0.25, 0.3) is 10.0 Å². The predicted octanol–water partition coefficient (Wildman–Crippen LogP) is 3.31. The van der Waals surface area contributed by atoms with Crippen molar-refractivity contribution in [2.75, 3.05) is 10.8 Å². The number of benzene rings is 2. The van der Waals surface area contributed by atoms with Crippen LogP contribution >= 0.6 is 11.6 Å². The molecule has 1 N–H and O–H groups in total. The van der Waals surface area contributed by atoms with Crippen LogP contribution in [0.4, 0.5) is 5.69 Å². The normalized spacial score (nSPS) is 17.8. The summed E-state index contributed by atoms with van der Waals surface area (Å²) in [6.45, 7) is 0.278. The molecular weight excluding hydrogens is 420 g/mol. The summed E-state index contributed by atoms with van der Waals surface area (Å²) in [5.74, 6) is 0. The third-order valence-electron chi connectivity index (χ3n) is 5.29. The second-order valence-electron chi connectivity index (χ2n) is 7.17. The van der Waals surface area contributed by atoms with Crippen LogP contribution in [0.3, 0.4) is 0 Å². The predicted molar refractivity (Wildman–Crippen MR) is 109 cm³/mol. The Morgan fingerprint density at radius 3 is 2.25 bits per heavy atom. The van der Waals surface area contributed by atoms with E-state index in [2.05, 4.69) is 4.72 Å². The van der Waals surface area contributed by atoms with Crippen molar-refractivity contribution < 1.29 is 16.8 Å². The van der Waals surface area contributed by atoms with Crippen LogP contribution in [0.15, 0.2) is 52.3 Å². The van der Waals surface area contributed by atoms with Crippen molar-refractivity contribution in [2.45, 2.75) is 47.9 Å².